The van der Waals surface area contributed by atoms with Gasteiger partial charge in [-0.1, -0.05) is 68.1 Å². The maximum absolute atomic E-state index is 13.0. The molecular formula is C24H28N2O. The molecule has 1 aromatic heterocycles. The van der Waals surface area contributed by atoms with Crippen LogP contribution < -0.4 is 5.32 Å². The van der Waals surface area contributed by atoms with Crippen molar-refractivity contribution in [2.75, 3.05) is 0 Å². The van der Waals surface area contributed by atoms with Crippen molar-refractivity contribution >= 4 is 16.8 Å². The Balaban J connectivity index is 1.94. The van der Waals surface area contributed by atoms with E-state index >= 15 is 0 Å². The fourth-order valence-electron chi connectivity index (χ4n) is 3.39. The molecule has 0 radical (unpaired) electrons. The minimum Gasteiger partial charge on any atom is -0.350 e. The molecule has 0 spiro atoms. The lowest BCUT2D eigenvalue weighted by Crippen LogP contribution is -2.32. The number of nitrogens with one attached hydrogen (secondary N) is 1. The average molecular weight is 361 g/mol. The van der Waals surface area contributed by atoms with Crippen molar-refractivity contribution in [3.63, 3.8) is 0 Å². The van der Waals surface area contributed by atoms with Gasteiger partial charge in [-0.3, -0.25) is 4.79 Å². The van der Waals surface area contributed by atoms with Crippen molar-refractivity contribution in [1.82, 2.24) is 10.3 Å². The van der Waals surface area contributed by atoms with Crippen molar-refractivity contribution in [2.24, 2.45) is 0 Å². The van der Waals surface area contributed by atoms with E-state index in [0.717, 1.165) is 35.0 Å². The molecular weight excluding hydrogens is 332 g/mol. The van der Waals surface area contributed by atoms with Crippen LogP contribution in [0.2, 0.25) is 0 Å². The van der Waals surface area contributed by atoms with E-state index in [1.807, 2.05) is 42.5 Å². The first-order valence-electron chi connectivity index (χ1n) is 9.86. The highest BCUT2D eigenvalue weighted by molar-refractivity contribution is 6.07. The van der Waals surface area contributed by atoms with Crippen LogP contribution in [0.1, 0.15) is 55.5 Å². The Morgan fingerprint density at radius 1 is 1.07 bits per heavy atom. The lowest BCUT2D eigenvalue weighted by molar-refractivity contribution is 0.0939. The highest BCUT2D eigenvalue weighted by atomic mass is 16.1. The zero-order chi connectivity index (χ0) is 19.2. The van der Waals surface area contributed by atoms with Gasteiger partial charge < -0.3 is 5.32 Å². The number of pyridine rings is 1. The van der Waals surface area contributed by atoms with Gasteiger partial charge in [0.2, 0.25) is 0 Å². The number of amides is 1. The molecule has 0 bridgehead atoms. The van der Waals surface area contributed by atoms with Crippen LogP contribution in [0.25, 0.3) is 22.2 Å². The third-order valence-electron chi connectivity index (χ3n) is 4.89. The summed E-state index contributed by atoms with van der Waals surface area (Å²) in [6.07, 6.45) is 4.54. The molecule has 3 rings (SSSR count). The molecule has 1 N–H and O–H groups in total. The molecule has 0 fully saturated rings. The first kappa shape index (κ1) is 19.1. The smallest absolute Gasteiger partial charge is 0.252 e. The summed E-state index contributed by atoms with van der Waals surface area (Å²) in [6, 6.07) is 18.2. The molecule has 1 atom stereocenters. The minimum atomic E-state index is -0.0218. The topological polar surface area (TPSA) is 42.0 Å². The number of aromatic nitrogens is 1. The molecule has 3 aromatic rings. The number of para-hydroxylation sites is 1. The second-order valence-corrected chi connectivity index (χ2v) is 7.31. The largest absolute Gasteiger partial charge is 0.350 e. The monoisotopic (exact) mass is 360 g/mol. The number of fused-ring (bicyclic) bond motifs is 1. The third-order valence-corrected chi connectivity index (χ3v) is 4.89. The van der Waals surface area contributed by atoms with Crippen molar-refractivity contribution in [3.8, 4) is 11.3 Å². The molecule has 140 valence electrons. The molecule has 1 amide bonds. The van der Waals surface area contributed by atoms with E-state index in [4.69, 9.17) is 4.98 Å². The number of benzene rings is 2. The van der Waals surface area contributed by atoms with E-state index in [1.54, 1.807) is 0 Å². The molecule has 0 unspecified atom stereocenters. The van der Waals surface area contributed by atoms with E-state index in [1.165, 1.54) is 18.4 Å². The Morgan fingerprint density at radius 2 is 1.89 bits per heavy atom. The van der Waals surface area contributed by atoms with Gasteiger partial charge in [0.05, 0.1) is 16.8 Å². The van der Waals surface area contributed by atoms with E-state index in [0.29, 0.717) is 5.56 Å². The second kappa shape index (κ2) is 8.81. The van der Waals surface area contributed by atoms with Crippen LogP contribution in [0, 0.1) is 6.92 Å². The molecule has 0 saturated heterocycles. The summed E-state index contributed by atoms with van der Waals surface area (Å²) in [6.45, 7) is 6.34. The third kappa shape index (κ3) is 4.73. The Labute approximate surface area is 161 Å². The minimum absolute atomic E-state index is 0.0218. The zero-order valence-corrected chi connectivity index (χ0v) is 16.5. The molecule has 0 saturated carbocycles. The number of hydrogen-bond donors (Lipinski definition) is 1. The van der Waals surface area contributed by atoms with E-state index in [9.17, 15) is 4.79 Å². The van der Waals surface area contributed by atoms with Crippen molar-refractivity contribution in [3.05, 3.63) is 65.7 Å². The van der Waals surface area contributed by atoms with E-state index < -0.39 is 0 Å². The maximum Gasteiger partial charge on any atom is 0.252 e. The molecule has 27 heavy (non-hydrogen) atoms. The molecule has 2 aromatic carbocycles. The number of rotatable bonds is 7. The van der Waals surface area contributed by atoms with Crippen molar-refractivity contribution < 1.29 is 4.79 Å². The average Bonchev–Trinajstić information content (AvgIpc) is 2.67. The van der Waals surface area contributed by atoms with Crippen LogP contribution in [0.5, 0.6) is 0 Å². The Bertz CT molecular complexity index is 933. The van der Waals surface area contributed by atoms with Gasteiger partial charge >= 0.3 is 0 Å². The first-order chi connectivity index (χ1) is 13.1. The summed E-state index contributed by atoms with van der Waals surface area (Å²) >= 11 is 0. The fraction of sp³-hybridized carbons (Fsp3) is 0.333. The molecule has 3 heteroatoms. The molecule has 3 nitrogen and oxygen atoms in total. The van der Waals surface area contributed by atoms with Gasteiger partial charge in [-0.05, 0) is 38.5 Å². The Hall–Kier alpha value is -2.68. The van der Waals surface area contributed by atoms with Gasteiger partial charge in [-0.15, -0.1) is 0 Å². The summed E-state index contributed by atoms with van der Waals surface area (Å²) in [5.74, 6) is -0.0218. The first-order valence-corrected chi connectivity index (χ1v) is 9.86. The quantitative estimate of drug-likeness (QED) is 0.532. The predicted molar refractivity (Wildman–Crippen MR) is 113 cm³/mol. The van der Waals surface area contributed by atoms with Crippen LogP contribution >= 0.6 is 0 Å². The summed E-state index contributed by atoms with van der Waals surface area (Å²) < 4.78 is 0. The van der Waals surface area contributed by atoms with Crippen LogP contribution in [0.4, 0.5) is 0 Å². The van der Waals surface area contributed by atoms with Crippen LogP contribution in [0.15, 0.2) is 54.6 Å². The number of carbonyl (C=O) groups excluding carboxylic acids is 1. The zero-order valence-electron chi connectivity index (χ0n) is 16.5. The summed E-state index contributed by atoms with van der Waals surface area (Å²) in [7, 11) is 0. The van der Waals surface area contributed by atoms with Gasteiger partial charge in [0.25, 0.3) is 5.91 Å². The van der Waals surface area contributed by atoms with E-state index in [-0.39, 0.29) is 11.9 Å². The SMILES string of the molecule is CCCCC[C@@H](C)NC(=O)c1cc(-c2cccc(C)c2)nc2ccccc12. The molecule has 0 aliphatic rings. The molecule has 1 heterocycles. The van der Waals surface area contributed by atoms with Crippen LogP contribution in [-0.2, 0) is 0 Å². The highest BCUT2D eigenvalue weighted by Crippen LogP contribution is 2.25. The van der Waals surface area contributed by atoms with Gasteiger partial charge in [-0.2, -0.15) is 0 Å². The lowest BCUT2D eigenvalue weighted by atomic mass is 10.0. The number of nitrogens with zero attached hydrogens (tertiary/aromatic N) is 1. The van der Waals surface area contributed by atoms with E-state index in [2.05, 4.69) is 38.2 Å². The molecule has 0 aliphatic heterocycles. The van der Waals surface area contributed by atoms with Gasteiger partial charge in [-0.25, -0.2) is 4.98 Å². The fourth-order valence-corrected chi connectivity index (χ4v) is 3.39. The normalized spacial score (nSPS) is 12.1. The number of aryl methyl sites for hydroxylation is 1. The lowest BCUT2D eigenvalue weighted by Gasteiger charge is -2.15. The molecule has 0 aliphatic carbocycles. The number of hydrogen-bond acceptors (Lipinski definition) is 2. The summed E-state index contributed by atoms with van der Waals surface area (Å²) in [5.41, 5.74) is 4.59. The number of carbonyl (C=O) groups is 1. The van der Waals surface area contributed by atoms with Crippen LogP contribution in [0.3, 0.4) is 0 Å². The van der Waals surface area contributed by atoms with Gasteiger partial charge in [0, 0.05) is 17.0 Å². The standard InChI is InChI=1S/C24H28N2O/c1-4-5-6-11-18(3)25-24(27)21-16-23(19-12-9-10-17(2)15-19)26-22-14-8-7-13-20(21)22/h7-10,12-16,18H,4-6,11H2,1-3H3,(H,25,27)/t18-/m1/s1. The Kier molecular flexibility index (Phi) is 6.23. The van der Waals surface area contributed by atoms with Gasteiger partial charge in [0.15, 0.2) is 0 Å². The summed E-state index contributed by atoms with van der Waals surface area (Å²) in [4.78, 5) is 17.8. The Morgan fingerprint density at radius 3 is 2.67 bits per heavy atom. The number of unbranched alkanes of at least 4 members (excludes halogenated alkanes) is 2. The van der Waals surface area contributed by atoms with Gasteiger partial charge in [0.1, 0.15) is 0 Å². The van der Waals surface area contributed by atoms with Crippen LogP contribution in [-0.4, -0.2) is 16.9 Å². The maximum atomic E-state index is 13.0. The summed E-state index contributed by atoms with van der Waals surface area (Å²) in [5, 5.41) is 4.07. The van der Waals surface area contributed by atoms with Crippen molar-refractivity contribution in [1.29, 1.82) is 0 Å². The van der Waals surface area contributed by atoms with Crippen molar-refractivity contribution in [2.45, 2.75) is 52.5 Å². The highest BCUT2D eigenvalue weighted by Gasteiger charge is 2.15. The predicted octanol–water partition coefficient (Wildman–Crippen LogP) is 5.91. The second-order valence-electron chi connectivity index (χ2n) is 7.31.